The molecule has 1 aromatic rings. The minimum absolute atomic E-state index is 0.0469. The van der Waals surface area contributed by atoms with Crippen LogP contribution >= 0.6 is 0 Å². The van der Waals surface area contributed by atoms with Gasteiger partial charge in [0.1, 0.15) is 6.04 Å². The number of hydrogen-bond donors (Lipinski definition) is 1. The van der Waals surface area contributed by atoms with Crippen molar-refractivity contribution >= 4 is 11.7 Å². The summed E-state index contributed by atoms with van der Waals surface area (Å²) in [5, 5.41) is 14.2. The maximum absolute atomic E-state index is 11.8. The van der Waals surface area contributed by atoms with Crippen molar-refractivity contribution in [2.45, 2.75) is 39.3 Å². The quantitative estimate of drug-likeness (QED) is 0.475. The fourth-order valence-corrected chi connectivity index (χ4v) is 2.26. The average molecular weight is 294 g/mol. The molecule has 1 aromatic carbocycles. The van der Waals surface area contributed by atoms with Crippen LogP contribution in [0.2, 0.25) is 0 Å². The molecule has 1 N–H and O–H groups in total. The summed E-state index contributed by atoms with van der Waals surface area (Å²) in [6, 6.07) is 5.72. The first-order valence-corrected chi connectivity index (χ1v) is 6.94. The van der Waals surface area contributed by atoms with E-state index in [0.717, 1.165) is 0 Å². The summed E-state index contributed by atoms with van der Waals surface area (Å²) in [7, 11) is 1.34. The normalized spacial score (nSPS) is 13.8. The van der Waals surface area contributed by atoms with Crippen LogP contribution in [0.25, 0.3) is 0 Å². The summed E-state index contributed by atoms with van der Waals surface area (Å²) in [4.78, 5) is 22.5. The van der Waals surface area contributed by atoms with E-state index in [2.05, 4.69) is 5.32 Å². The highest BCUT2D eigenvalue weighted by Gasteiger charge is 2.25. The number of carbonyl (C=O) groups is 1. The van der Waals surface area contributed by atoms with Gasteiger partial charge in [-0.05, 0) is 19.3 Å². The van der Waals surface area contributed by atoms with Gasteiger partial charge in [-0.3, -0.25) is 20.2 Å². The highest BCUT2D eigenvalue weighted by Crippen LogP contribution is 2.25. The molecule has 0 fully saturated rings. The number of esters is 1. The van der Waals surface area contributed by atoms with Crippen molar-refractivity contribution < 1.29 is 14.5 Å². The summed E-state index contributed by atoms with van der Waals surface area (Å²) < 4.78 is 4.79. The Bertz CT molecular complexity index is 502. The molecule has 116 valence electrons. The van der Waals surface area contributed by atoms with E-state index >= 15 is 0 Å². The summed E-state index contributed by atoms with van der Waals surface area (Å²) in [6.45, 7) is 5.82. The van der Waals surface area contributed by atoms with Crippen molar-refractivity contribution in [3.8, 4) is 0 Å². The Morgan fingerprint density at radius 2 is 1.95 bits per heavy atom. The monoisotopic (exact) mass is 294 g/mol. The van der Waals surface area contributed by atoms with Crippen molar-refractivity contribution in [1.82, 2.24) is 5.32 Å². The molecule has 0 aliphatic carbocycles. The highest BCUT2D eigenvalue weighted by molar-refractivity contribution is 5.75. The van der Waals surface area contributed by atoms with Crippen molar-refractivity contribution in [2.24, 2.45) is 5.92 Å². The second-order valence-electron chi connectivity index (χ2n) is 5.41. The number of para-hydroxylation sites is 1. The Kier molecular flexibility index (Phi) is 6.30. The van der Waals surface area contributed by atoms with Gasteiger partial charge in [-0.2, -0.15) is 0 Å². The lowest BCUT2D eigenvalue weighted by Gasteiger charge is -2.23. The molecule has 2 atom stereocenters. The maximum Gasteiger partial charge on any atom is 0.322 e. The number of nitro benzene ring substituents is 1. The van der Waals surface area contributed by atoms with Gasteiger partial charge in [0.25, 0.3) is 5.69 Å². The van der Waals surface area contributed by atoms with Crippen molar-refractivity contribution in [2.75, 3.05) is 7.11 Å². The van der Waals surface area contributed by atoms with E-state index in [-0.39, 0.29) is 17.7 Å². The second kappa shape index (κ2) is 7.73. The molecule has 1 rings (SSSR count). The lowest BCUT2D eigenvalue weighted by atomic mass is 10.0. The van der Waals surface area contributed by atoms with E-state index in [9.17, 15) is 14.9 Å². The van der Waals surface area contributed by atoms with Crippen LogP contribution in [0.1, 0.15) is 38.8 Å². The molecule has 6 nitrogen and oxygen atoms in total. The molecule has 6 heteroatoms. The Labute approximate surface area is 124 Å². The SMILES string of the molecule is COC(=O)C(CC(C)C)NC(C)c1ccccc1[N+](=O)[O-]. The zero-order chi connectivity index (χ0) is 16.0. The molecular formula is C15H22N2O4. The Hall–Kier alpha value is -1.95. The van der Waals surface area contributed by atoms with E-state index in [1.807, 2.05) is 13.8 Å². The number of ether oxygens (including phenoxy) is 1. The second-order valence-corrected chi connectivity index (χ2v) is 5.41. The standard InChI is InChI=1S/C15H22N2O4/c1-10(2)9-13(15(18)21-4)16-11(3)12-7-5-6-8-14(12)17(19)20/h5-8,10-11,13,16H,9H2,1-4H3. The molecule has 0 heterocycles. The van der Waals surface area contributed by atoms with Gasteiger partial charge in [-0.25, -0.2) is 0 Å². The predicted octanol–water partition coefficient (Wildman–Crippen LogP) is 2.83. The number of rotatable bonds is 7. The maximum atomic E-state index is 11.8. The first-order chi connectivity index (χ1) is 9.86. The van der Waals surface area contributed by atoms with Crippen LogP contribution in [0.5, 0.6) is 0 Å². The molecule has 0 aromatic heterocycles. The van der Waals surface area contributed by atoms with Crippen LogP contribution in [-0.2, 0) is 9.53 Å². The van der Waals surface area contributed by atoms with Crippen LogP contribution in [0.15, 0.2) is 24.3 Å². The number of hydrogen-bond acceptors (Lipinski definition) is 5. The third-order valence-corrected chi connectivity index (χ3v) is 3.24. The van der Waals surface area contributed by atoms with Crippen LogP contribution in [0, 0.1) is 16.0 Å². The topological polar surface area (TPSA) is 81.5 Å². The summed E-state index contributed by atoms with van der Waals surface area (Å²) >= 11 is 0. The lowest BCUT2D eigenvalue weighted by molar-refractivity contribution is -0.385. The predicted molar refractivity (Wildman–Crippen MR) is 79.9 cm³/mol. The van der Waals surface area contributed by atoms with Gasteiger partial charge < -0.3 is 4.74 Å². The van der Waals surface area contributed by atoms with Crippen molar-refractivity contribution in [3.63, 3.8) is 0 Å². The molecule has 0 saturated carbocycles. The van der Waals surface area contributed by atoms with Gasteiger partial charge in [0.05, 0.1) is 12.0 Å². The van der Waals surface area contributed by atoms with Gasteiger partial charge in [-0.1, -0.05) is 32.0 Å². The largest absolute Gasteiger partial charge is 0.468 e. The summed E-state index contributed by atoms with van der Waals surface area (Å²) in [5.41, 5.74) is 0.603. The van der Waals surface area contributed by atoms with E-state index in [1.54, 1.807) is 25.1 Å². The van der Waals surface area contributed by atoms with Crippen LogP contribution in [0.4, 0.5) is 5.69 Å². The minimum Gasteiger partial charge on any atom is -0.468 e. The molecule has 2 unspecified atom stereocenters. The molecule has 21 heavy (non-hydrogen) atoms. The van der Waals surface area contributed by atoms with Crippen LogP contribution in [0.3, 0.4) is 0 Å². The molecule has 0 aliphatic heterocycles. The van der Waals surface area contributed by atoms with Crippen LogP contribution in [-0.4, -0.2) is 24.0 Å². The van der Waals surface area contributed by atoms with Crippen LogP contribution < -0.4 is 5.32 Å². The smallest absolute Gasteiger partial charge is 0.322 e. The van der Waals surface area contributed by atoms with E-state index in [1.165, 1.54) is 13.2 Å². The fraction of sp³-hybridized carbons (Fsp3) is 0.533. The number of nitro groups is 1. The minimum atomic E-state index is -0.482. The van der Waals surface area contributed by atoms with E-state index in [4.69, 9.17) is 4.74 Å². The molecule has 0 bridgehead atoms. The number of nitrogens with one attached hydrogen (secondary N) is 1. The summed E-state index contributed by atoms with van der Waals surface area (Å²) in [5.74, 6) is -0.0475. The number of benzene rings is 1. The number of carbonyl (C=O) groups excluding carboxylic acids is 1. The van der Waals surface area contributed by atoms with Gasteiger partial charge >= 0.3 is 5.97 Å². The third kappa shape index (κ3) is 4.82. The molecule has 0 spiro atoms. The molecule has 0 radical (unpaired) electrons. The zero-order valence-corrected chi connectivity index (χ0v) is 12.8. The molecule has 0 saturated heterocycles. The Balaban J connectivity index is 2.94. The lowest BCUT2D eigenvalue weighted by Crippen LogP contribution is -2.40. The van der Waals surface area contributed by atoms with Gasteiger partial charge in [0.2, 0.25) is 0 Å². The third-order valence-electron chi connectivity index (χ3n) is 3.24. The molecule has 0 amide bonds. The summed E-state index contributed by atoms with van der Waals surface area (Å²) in [6.07, 6.45) is 0.609. The first kappa shape index (κ1) is 17.1. The first-order valence-electron chi connectivity index (χ1n) is 6.94. The Morgan fingerprint density at radius 3 is 2.48 bits per heavy atom. The van der Waals surface area contributed by atoms with E-state index < -0.39 is 11.0 Å². The van der Waals surface area contributed by atoms with Crippen molar-refractivity contribution in [3.05, 3.63) is 39.9 Å². The molecular weight excluding hydrogens is 272 g/mol. The average Bonchev–Trinajstić information content (AvgIpc) is 2.45. The highest BCUT2D eigenvalue weighted by atomic mass is 16.6. The fourth-order valence-electron chi connectivity index (χ4n) is 2.26. The molecule has 0 aliphatic rings. The van der Waals surface area contributed by atoms with Gasteiger partial charge in [0, 0.05) is 17.7 Å². The van der Waals surface area contributed by atoms with Gasteiger partial charge in [0.15, 0.2) is 0 Å². The zero-order valence-electron chi connectivity index (χ0n) is 12.8. The van der Waals surface area contributed by atoms with E-state index in [0.29, 0.717) is 17.9 Å². The van der Waals surface area contributed by atoms with Gasteiger partial charge in [-0.15, -0.1) is 0 Å². The Morgan fingerprint density at radius 1 is 1.33 bits per heavy atom. The number of nitrogens with zero attached hydrogens (tertiary/aromatic N) is 1. The number of methoxy groups -OCH3 is 1. The van der Waals surface area contributed by atoms with Crippen molar-refractivity contribution in [1.29, 1.82) is 0 Å².